The maximum atomic E-state index is 12.8. The van der Waals surface area contributed by atoms with Gasteiger partial charge in [0.2, 0.25) is 5.95 Å². The number of nitrogens with zero attached hydrogens (tertiary/aromatic N) is 2. The Hall–Kier alpha value is -4.05. The normalized spacial score (nSPS) is 11.4. The highest BCUT2D eigenvalue weighted by molar-refractivity contribution is 7.87. The summed E-state index contributed by atoms with van der Waals surface area (Å²) in [4.78, 5) is 18.9. The van der Waals surface area contributed by atoms with Crippen LogP contribution in [-0.4, -0.2) is 36.6 Å². The SMILES string of the molecule is CN(C(=O)O)c1nc2ccc(OS(=O)(=O)c3ccc(CCc4ccccc4)cc3N)cc2[nH]1. The van der Waals surface area contributed by atoms with Gasteiger partial charge in [0, 0.05) is 13.1 Å². The van der Waals surface area contributed by atoms with Crippen molar-refractivity contribution in [2.24, 2.45) is 0 Å². The van der Waals surface area contributed by atoms with Crippen molar-refractivity contribution >= 4 is 38.9 Å². The van der Waals surface area contributed by atoms with Crippen molar-refractivity contribution in [1.82, 2.24) is 9.97 Å². The fraction of sp³-hybridized carbons (Fsp3) is 0.130. The monoisotopic (exact) mass is 466 g/mol. The van der Waals surface area contributed by atoms with E-state index in [0.717, 1.165) is 23.3 Å². The fourth-order valence-electron chi connectivity index (χ4n) is 3.36. The summed E-state index contributed by atoms with van der Waals surface area (Å²) in [5.41, 5.74) is 9.15. The number of anilines is 2. The third kappa shape index (κ3) is 4.90. The lowest BCUT2D eigenvalue weighted by molar-refractivity contribution is 0.203. The lowest BCUT2D eigenvalue weighted by atomic mass is 10.0. The number of nitrogen functional groups attached to an aromatic ring is 1. The Morgan fingerprint density at radius 2 is 1.79 bits per heavy atom. The summed E-state index contributed by atoms with van der Waals surface area (Å²) in [5, 5.41) is 9.08. The summed E-state index contributed by atoms with van der Waals surface area (Å²) in [6.07, 6.45) is 0.348. The van der Waals surface area contributed by atoms with E-state index in [-0.39, 0.29) is 22.3 Å². The van der Waals surface area contributed by atoms with Crippen LogP contribution in [0.25, 0.3) is 11.0 Å². The molecule has 1 aromatic heterocycles. The molecular weight excluding hydrogens is 444 g/mol. The molecule has 0 aliphatic carbocycles. The van der Waals surface area contributed by atoms with E-state index in [0.29, 0.717) is 11.0 Å². The second kappa shape index (κ2) is 8.83. The van der Waals surface area contributed by atoms with Crippen LogP contribution < -0.4 is 14.8 Å². The first kappa shape index (κ1) is 22.2. The van der Waals surface area contributed by atoms with Crippen molar-refractivity contribution in [3.8, 4) is 5.75 Å². The standard InChI is InChI=1S/C23H22N4O5S/c1-27(23(28)29)22-25-19-11-10-17(14-20(19)26-22)32-33(30,31)21-12-9-16(13-18(21)24)8-7-15-5-3-2-4-6-15/h2-6,9-14H,7-8,24H2,1H3,(H,25,26)(H,28,29). The molecule has 10 heteroatoms. The third-order valence-corrected chi connectivity index (χ3v) is 6.46. The summed E-state index contributed by atoms with van der Waals surface area (Å²) in [5.74, 6) is 0.149. The Labute approximate surface area is 190 Å². The van der Waals surface area contributed by atoms with E-state index >= 15 is 0 Å². The number of hydrogen-bond donors (Lipinski definition) is 3. The molecule has 0 atom stereocenters. The zero-order valence-electron chi connectivity index (χ0n) is 17.7. The van der Waals surface area contributed by atoms with Gasteiger partial charge in [0.15, 0.2) is 0 Å². The van der Waals surface area contributed by atoms with Gasteiger partial charge in [-0.1, -0.05) is 36.4 Å². The number of aromatic nitrogens is 2. The highest BCUT2D eigenvalue weighted by Crippen LogP contribution is 2.27. The minimum absolute atomic E-state index is 0.0447. The number of nitrogens with one attached hydrogen (secondary N) is 1. The van der Waals surface area contributed by atoms with Gasteiger partial charge in [0.1, 0.15) is 10.6 Å². The van der Waals surface area contributed by atoms with E-state index < -0.39 is 16.2 Å². The van der Waals surface area contributed by atoms with Crippen molar-refractivity contribution in [1.29, 1.82) is 0 Å². The Kier molecular flexibility index (Phi) is 5.93. The number of carboxylic acid groups (broad SMARTS) is 1. The van der Waals surface area contributed by atoms with E-state index in [2.05, 4.69) is 9.97 Å². The lowest BCUT2D eigenvalue weighted by Crippen LogP contribution is -2.24. The van der Waals surface area contributed by atoms with E-state index in [4.69, 9.17) is 15.0 Å². The second-order valence-electron chi connectivity index (χ2n) is 7.48. The van der Waals surface area contributed by atoms with Gasteiger partial charge < -0.3 is 20.0 Å². The zero-order chi connectivity index (χ0) is 23.6. The quantitative estimate of drug-likeness (QED) is 0.278. The number of nitrogens with two attached hydrogens (primary N) is 1. The largest absolute Gasteiger partial charge is 0.465 e. The number of hydrogen-bond acceptors (Lipinski definition) is 6. The molecule has 0 aliphatic heterocycles. The lowest BCUT2D eigenvalue weighted by Gasteiger charge is -2.11. The molecule has 4 aromatic rings. The van der Waals surface area contributed by atoms with Crippen LogP contribution in [0.1, 0.15) is 11.1 Å². The van der Waals surface area contributed by atoms with Gasteiger partial charge in [-0.05, 0) is 48.2 Å². The van der Waals surface area contributed by atoms with Crippen molar-refractivity contribution in [3.05, 3.63) is 77.9 Å². The van der Waals surface area contributed by atoms with Crippen LogP contribution >= 0.6 is 0 Å². The minimum atomic E-state index is -4.18. The van der Waals surface area contributed by atoms with Crippen LogP contribution in [0.5, 0.6) is 5.75 Å². The van der Waals surface area contributed by atoms with E-state index in [1.54, 1.807) is 12.1 Å². The predicted octanol–water partition coefficient (Wildman–Crippen LogP) is 3.81. The first-order valence-electron chi connectivity index (χ1n) is 10.1. The average Bonchev–Trinajstić information content (AvgIpc) is 3.20. The first-order chi connectivity index (χ1) is 15.7. The number of rotatable bonds is 7. The van der Waals surface area contributed by atoms with E-state index in [1.807, 2.05) is 30.3 Å². The first-order valence-corrected chi connectivity index (χ1v) is 11.5. The van der Waals surface area contributed by atoms with Gasteiger partial charge >= 0.3 is 16.2 Å². The molecule has 4 N–H and O–H groups in total. The van der Waals surface area contributed by atoms with Crippen molar-refractivity contribution in [2.75, 3.05) is 17.7 Å². The summed E-state index contributed by atoms with van der Waals surface area (Å²) in [6.45, 7) is 0. The number of H-pyrrole nitrogens is 1. The molecule has 0 bridgehead atoms. The van der Waals surface area contributed by atoms with Gasteiger partial charge in [-0.3, -0.25) is 4.90 Å². The van der Waals surface area contributed by atoms with Crippen molar-refractivity contribution in [2.45, 2.75) is 17.7 Å². The number of fused-ring (bicyclic) bond motifs is 1. The molecule has 0 radical (unpaired) electrons. The van der Waals surface area contributed by atoms with Gasteiger partial charge in [-0.25, -0.2) is 9.78 Å². The molecule has 1 amide bonds. The number of amides is 1. The summed E-state index contributed by atoms with van der Waals surface area (Å²) in [7, 11) is -2.84. The molecular formula is C23H22N4O5S. The minimum Gasteiger partial charge on any atom is -0.465 e. The molecule has 0 spiro atoms. The van der Waals surface area contributed by atoms with Crippen LogP contribution in [0.3, 0.4) is 0 Å². The molecule has 0 unspecified atom stereocenters. The number of benzene rings is 3. The molecule has 170 valence electrons. The zero-order valence-corrected chi connectivity index (χ0v) is 18.5. The fourth-order valence-corrected chi connectivity index (χ4v) is 4.39. The Bertz CT molecular complexity index is 1420. The van der Waals surface area contributed by atoms with Crippen LogP contribution in [0.4, 0.5) is 16.4 Å². The molecule has 9 nitrogen and oxygen atoms in total. The number of aromatic amines is 1. The summed E-state index contributed by atoms with van der Waals surface area (Å²) >= 11 is 0. The summed E-state index contributed by atoms with van der Waals surface area (Å²) in [6, 6.07) is 19.2. The Morgan fingerprint density at radius 1 is 1.06 bits per heavy atom. The molecule has 0 saturated carbocycles. The highest BCUT2D eigenvalue weighted by atomic mass is 32.2. The molecule has 0 saturated heterocycles. The number of aryl methyl sites for hydroxylation is 2. The van der Waals surface area contributed by atoms with Crippen molar-refractivity contribution < 1.29 is 22.5 Å². The summed E-state index contributed by atoms with van der Waals surface area (Å²) < 4.78 is 31.0. The average molecular weight is 467 g/mol. The highest BCUT2D eigenvalue weighted by Gasteiger charge is 2.21. The van der Waals surface area contributed by atoms with Crippen LogP contribution in [0.15, 0.2) is 71.6 Å². The van der Waals surface area contributed by atoms with Gasteiger partial charge in [-0.2, -0.15) is 8.42 Å². The molecule has 3 aromatic carbocycles. The second-order valence-corrected chi connectivity index (χ2v) is 8.99. The molecule has 33 heavy (non-hydrogen) atoms. The Morgan fingerprint density at radius 3 is 2.48 bits per heavy atom. The van der Waals surface area contributed by atoms with E-state index in [1.165, 1.54) is 36.9 Å². The molecule has 4 rings (SSSR count). The van der Waals surface area contributed by atoms with Gasteiger partial charge in [-0.15, -0.1) is 0 Å². The van der Waals surface area contributed by atoms with Gasteiger partial charge in [0.25, 0.3) is 0 Å². The molecule has 1 heterocycles. The topological polar surface area (TPSA) is 139 Å². The molecule has 0 aliphatic rings. The maximum absolute atomic E-state index is 12.8. The van der Waals surface area contributed by atoms with Crippen LogP contribution in [0.2, 0.25) is 0 Å². The van der Waals surface area contributed by atoms with Crippen LogP contribution in [0, 0.1) is 0 Å². The van der Waals surface area contributed by atoms with Crippen molar-refractivity contribution in [3.63, 3.8) is 0 Å². The maximum Gasteiger partial charge on any atom is 0.413 e. The van der Waals surface area contributed by atoms with Gasteiger partial charge in [0.05, 0.1) is 16.7 Å². The Balaban J connectivity index is 1.52. The third-order valence-electron chi connectivity index (χ3n) is 5.14. The smallest absolute Gasteiger partial charge is 0.413 e. The van der Waals surface area contributed by atoms with E-state index in [9.17, 15) is 13.2 Å². The number of imidazole rings is 1. The number of carbonyl (C=O) groups is 1. The van der Waals surface area contributed by atoms with Crippen LogP contribution in [-0.2, 0) is 23.0 Å². The molecule has 0 fully saturated rings. The predicted molar refractivity (Wildman–Crippen MR) is 125 cm³/mol.